The number of hydrogen-bond donors (Lipinski definition) is 0. The minimum atomic E-state index is -0.000763. The van der Waals surface area contributed by atoms with Crippen molar-refractivity contribution >= 4 is 15.9 Å². The maximum Gasteiger partial charge on any atom is 0.106 e. The molecule has 1 aromatic rings. The lowest BCUT2D eigenvalue weighted by molar-refractivity contribution is 0.114. The molecule has 2 rings (SSSR count). The molecule has 1 unspecified atom stereocenters. The lowest BCUT2D eigenvalue weighted by Crippen LogP contribution is -2.53. The van der Waals surface area contributed by atoms with Gasteiger partial charge in [0.25, 0.3) is 0 Å². The number of benzene rings is 1. The van der Waals surface area contributed by atoms with Crippen molar-refractivity contribution in [3.63, 3.8) is 0 Å². The number of hydrogen-bond acceptors (Lipinski definition) is 2. The summed E-state index contributed by atoms with van der Waals surface area (Å²) in [6.45, 7) is 5.45. The molecule has 0 spiro atoms. The van der Waals surface area contributed by atoms with Gasteiger partial charge in [-0.2, -0.15) is 5.26 Å². The zero-order chi connectivity index (χ0) is 11.5. The SMILES string of the molecule is C=CCN1CC(c2ccc(Br)cc2)[C@H]1C#N. The van der Waals surface area contributed by atoms with Crippen LogP contribution in [-0.2, 0) is 0 Å². The highest BCUT2D eigenvalue weighted by Crippen LogP contribution is 2.34. The van der Waals surface area contributed by atoms with Gasteiger partial charge in [0.15, 0.2) is 0 Å². The Morgan fingerprint density at radius 3 is 2.75 bits per heavy atom. The highest BCUT2D eigenvalue weighted by atomic mass is 79.9. The second-order valence-corrected chi connectivity index (χ2v) is 4.89. The molecule has 1 aliphatic heterocycles. The summed E-state index contributed by atoms with van der Waals surface area (Å²) < 4.78 is 1.08. The molecule has 0 saturated carbocycles. The lowest BCUT2D eigenvalue weighted by Gasteiger charge is -2.44. The first-order chi connectivity index (χ1) is 7.76. The van der Waals surface area contributed by atoms with Crippen LogP contribution >= 0.6 is 15.9 Å². The number of likely N-dealkylation sites (tertiary alicyclic amines) is 1. The van der Waals surface area contributed by atoms with Gasteiger partial charge in [0.2, 0.25) is 0 Å². The molecule has 0 bridgehead atoms. The minimum absolute atomic E-state index is 0.000763. The largest absolute Gasteiger partial charge is 0.283 e. The smallest absolute Gasteiger partial charge is 0.106 e. The minimum Gasteiger partial charge on any atom is -0.283 e. The molecular weight excluding hydrogens is 264 g/mol. The van der Waals surface area contributed by atoms with Crippen molar-refractivity contribution in [2.75, 3.05) is 13.1 Å². The first-order valence-electron chi connectivity index (χ1n) is 5.26. The molecule has 1 aromatic carbocycles. The normalized spacial score (nSPS) is 24.5. The van der Waals surface area contributed by atoms with E-state index in [-0.39, 0.29) is 6.04 Å². The van der Waals surface area contributed by atoms with Crippen LogP contribution in [0, 0.1) is 11.3 Å². The second kappa shape index (κ2) is 4.82. The van der Waals surface area contributed by atoms with Crippen LogP contribution in [0.1, 0.15) is 11.5 Å². The van der Waals surface area contributed by atoms with Gasteiger partial charge in [-0.3, -0.25) is 4.90 Å². The average Bonchev–Trinajstić information content (AvgIpc) is 2.26. The van der Waals surface area contributed by atoms with Gasteiger partial charge in [0.1, 0.15) is 6.04 Å². The van der Waals surface area contributed by atoms with Gasteiger partial charge in [-0.05, 0) is 17.7 Å². The molecule has 0 aliphatic carbocycles. The van der Waals surface area contributed by atoms with Crippen LogP contribution in [0.3, 0.4) is 0 Å². The van der Waals surface area contributed by atoms with Crippen molar-refractivity contribution in [1.82, 2.24) is 4.90 Å². The third-order valence-electron chi connectivity index (χ3n) is 3.00. The van der Waals surface area contributed by atoms with E-state index in [4.69, 9.17) is 5.26 Å². The van der Waals surface area contributed by atoms with Gasteiger partial charge in [0, 0.05) is 23.5 Å². The van der Waals surface area contributed by atoms with Crippen molar-refractivity contribution in [2.45, 2.75) is 12.0 Å². The van der Waals surface area contributed by atoms with E-state index in [0.717, 1.165) is 17.6 Å². The highest BCUT2D eigenvalue weighted by Gasteiger charge is 2.38. The Morgan fingerprint density at radius 1 is 1.50 bits per heavy atom. The monoisotopic (exact) mass is 276 g/mol. The fourth-order valence-corrected chi connectivity index (χ4v) is 2.37. The van der Waals surface area contributed by atoms with E-state index in [1.54, 1.807) is 0 Å². The summed E-state index contributed by atoms with van der Waals surface area (Å²) in [5.41, 5.74) is 1.25. The molecule has 16 heavy (non-hydrogen) atoms. The Bertz CT molecular complexity index is 419. The summed E-state index contributed by atoms with van der Waals surface area (Å²) in [5, 5.41) is 9.13. The first kappa shape index (κ1) is 11.4. The molecule has 0 aromatic heterocycles. The van der Waals surface area contributed by atoms with E-state index >= 15 is 0 Å². The quantitative estimate of drug-likeness (QED) is 0.794. The molecule has 0 radical (unpaired) electrons. The van der Waals surface area contributed by atoms with Gasteiger partial charge < -0.3 is 0 Å². The molecule has 1 heterocycles. The van der Waals surface area contributed by atoms with Crippen LogP contribution in [0.15, 0.2) is 41.4 Å². The van der Waals surface area contributed by atoms with Crippen LogP contribution in [-0.4, -0.2) is 24.0 Å². The van der Waals surface area contributed by atoms with Gasteiger partial charge >= 0.3 is 0 Å². The molecule has 2 atom stereocenters. The number of nitrogens with zero attached hydrogens (tertiary/aromatic N) is 2. The molecule has 1 aliphatic rings. The first-order valence-corrected chi connectivity index (χ1v) is 6.05. The molecular formula is C13H13BrN2. The summed E-state index contributed by atoms with van der Waals surface area (Å²) in [7, 11) is 0. The van der Waals surface area contributed by atoms with Gasteiger partial charge in [0.05, 0.1) is 6.07 Å². The molecule has 0 N–H and O–H groups in total. The van der Waals surface area contributed by atoms with Crippen molar-refractivity contribution in [3.05, 3.63) is 47.0 Å². The standard InChI is InChI=1S/C13H13BrN2/c1-2-7-16-9-12(13(16)8-15)10-3-5-11(14)6-4-10/h2-6,12-13H,1,7,9H2/t12?,13-/m1/s1. The zero-order valence-electron chi connectivity index (χ0n) is 8.94. The summed E-state index contributed by atoms with van der Waals surface area (Å²) in [6, 6.07) is 10.6. The Morgan fingerprint density at radius 2 is 2.19 bits per heavy atom. The molecule has 82 valence electrons. The third kappa shape index (κ3) is 2.04. The Balaban J connectivity index is 2.10. The Kier molecular flexibility index (Phi) is 3.42. The fourth-order valence-electron chi connectivity index (χ4n) is 2.11. The van der Waals surface area contributed by atoms with Crippen molar-refractivity contribution in [1.29, 1.82) is 5.26 Å². The van der Waals surface area contributed by atoms with Crippen LogP contribution < -0.4 is 0 Å². The number of halogens is 1. The van der Waals surface area contributed by atoms with E-state index in [2.05, 4.69) is 45.6 Å². The van der Waals surface area contributed by atoms with E-state index in [0.29, 0.717) is 5.92 Å². The van der Waals surface area contributed by atoms with Crippen LogP contribution in [0.5, 0.6) is 0 Å². The van der Waals surface area contributed by atoms with Gasteiger partial charge in [-0.1, -0.05) is 34.1 Å². The van der Waals surface area contributed by atoms with E-state index in [1.165, 1.54) is 5.56 Å². The van der Waals surface area contributed by atoms with Crippen molar-refractivity contribution < 1.29 is 0 Å². The van der Waals surface area contributed by atoms with Gasteiger partial charge in [-0.25, -0.2) is 0 Å². The average molecular weight is 277 g/mol. The summed E-state index contributed by atoms with van der Waals surface area (Å²) in [6.07, 6.45) is 1.85. The molecule has 3 heteroatoms. The Hall–Kier alpha value is -1.11. The molecule has 2 nitrogen and oxygen atoms in total. The van der Waals surface area contributed by atoms with Crippen molar-refractivity contribution in [3.8, 4) is 6.07 Å². The maximum atomic E-state index is 9.13. The van der Waals surface area contributed by atoms with Crippen LogP contribution in [0.2, 0.25) is 0 Å². The number of rotatable bonds is 3. The summed E-state index contributed by atoms with van der Waals surface area (Å²) in [4.78, 5) is 2.14. The van der Waals surface area contributed by atoms with E-state index < -0.39 is 0 Å². The van der Waals surface area contributed by atoms with Crippen molar-refractivity contribution in [2.24, 2.45) is 0 Å². The fraction of sp³-hybridized carbons (Fsp3) is 0.308. The predicted octanol–water partition coefficient (Wildman–Crippen LogP) is 2.93. The lowest BCUT2D eigenvalue weighted by atomic mass is 9.83. The Labute approximate surface area is 104 Å². The van der Waals surface area contributed by atoms with E-state index in [9.17, 15) is 0 Å². The highest BCUT2D eigenvalue weighted by molar-refractivity contribution is 9.10. The second-order valence-electron chi connectivity index (χ2n) is 3.97. The summed E-state index contributed by atoms with van der Waals surface area (Å²) >= 11 is 3.41. The van der Waals surface area contributed by atoms with E-state index in [1.807, 2.05) is 18.2 Å². The molecule has 1 saturated heterocycles. The summed E-state index contributed by atoms with van der Waals surface area (Å²) in [5.74, 6) is 0.345. The maximum absolute atomic E-state index is 9.13. The molecule has 0 amide bonds. The topological polar surface area (TPSA) is 27.0 Å². The zero-order valence-corrected chi connectivity index (χ0v) is 10.5. The van der Waals surface area contributed by atoms with Crippen LogP contribution in [0.4, 0.5) is 0 Å². The third-order valence-corrected chi connectivity index (χ3v) is 3.53. The van der Waals surface area contributed by atoms with Crippen LogP contribution in [0.25, 0.3) is 0 Å². The van der Waals surface area contributed by atoms with Gasteiger partial charge in [-0.15, -0.1) is 6.58 Å². The number of nitriles is 1. The predicted molar refractivity (Wildman–Crippen MR) is 68.1 cm³/mol. The molecule has 1 fully saturated rings.